The van der Waals surface area contributed by atoms with E-state index in [-0.39, 0.29) is 0 Å². The molecule has 17 heavy (non-hydrogen) atoms. The third-order valence-electron chi connectivity index (χ3n) is 2.42. The molecule has 90 valence electrons. The first-order valence-electron chi connectivity index (χ1n) is 5.61. The lowest BCUT2D eigenvalue weighted by atomic mass is 10.2. The molecule has 0 spiro atoms. The zero-order valence-corrected chi connectivity index (χ0v) is 11.4. The predicted molar refractivity (Wildman–Crippen MR) is 70.8 cm³/mol. The van der Waals surface area contributed by atoms with Crippen molar-refractivity contribution in [2.45, 2.75) is 20.1 Å². The second-order valence-electron chi connectivity index (χ2n) is 3.81. The van der Waals surface area contributed by atoms with Gasteiger partial charge in [0.1, 0.15) is 0 Å². The molecule has 3 nitrogen and oxygen atoms in total. The summed E-state index contributed by atoms with van der Waals surface area (Å²) in [6.07, 6.45) is 3.88. The van der Waals surface area contributed by atoms with Gasteiger partial charge in [0.05, 0.1) is 19.3 Å². The Morgan fingerprint density at radius 1 is 1.24 bits per heavy atom. The van der Waals surface area contributed by atoms with E-state index in [4.69, 9.17) is 4.74 Å². The van der Waals surface area contributed by atoms with Crippen LogP contribution < -0.4 is 0 Å². The number of ether oxygens (including phenoxy) is 1. The quantitative estimate of drug-likeness (QED) is 0.847. The highest BCUT2D eigenvalue weighted by Gasteiger charge is 1.99. The fourth-order valence-electron chi connectivity index (χ4n) is 1.56. The Kier molecular flexibility index (Phi) is 4.34. The maximum Gasteiger partial charge on any atom is 0.0747 e. The summed E-state index contributed by atoms with van der Waals surface area (Å²) in [7, 11) is 0. The van der Waals surface area contributed by atoms with Crippen LogP contribution in [0.3, 0.4) is 0 Å². The molecule has 1 aromatic carbocycles. The first-order chi connectivity index (χ1) is 8.28. The molecule has 0 unspecified atom stereocenters. The van der Waals surface area contributed by atoms with Crippen LogP contribution in [0.1, 0.15) is 18.1 Å². The molecule has 0 radical (unpaired) electrons. The van der Waals surface area contributed by atoms with Gasteiger partial charge in [0.25, 0.3) is 0 Å². The summed E-state index contributed by atoms with van der Waals surface area (Å²) in [6, 6.07) is 8.27. The monoisotopic (exact) mass is 294 g/mol. The van der Waals surface area contributed by atoms with Gasteiger partial charge in [-0.3, -0.25) is 4.68 Å². The summed E-state index contributed by atoms with van der Waals surface area (Å²) in [6.45, 7) is 4.15. The zero-order chi connectivity index (χ0) is 12.1. The Morgan fingerprint density at radius 3 is 2.71 bits per heavy atom. The summed E-state index contributed by atoms with van der Waals surface area (Å²) >= 11 is 3.42. The molecule has 0 saturated heterocycles. The highest BCUT2D eigenvalue weighted by molar-refractivity contribution is 9.10. The van der Waals surface area contributed by atoms with Crippen LogP contribution in [-0.4, -0.2) is 16.4 Å². The fraction of sp³-hybridized carbons (Fsp3) is 0.308. The van der Waals surface area contributed by atoms with Gasteiger partial charge in [-0.05, 0) is 24.6 Å². The van der Waals surface area contributed by atoms with Crippen molar-refractivity contribution in [1.82, 2.24) is 9.78 Å². The van der Waals surface area contributed by atoms with Gasteiger partial charge in [0.2, 0.25) is 0 Å². The number of benzene rings is 1. The normalized spacial score (nSPS) is 10.7. The Hall–Kier alpha value is -1.13. The molecule has 0 N–H and O–H groups in total. The van der Waals surface area contributed by atoms with Gasteiger partial charge in [-0.15, -0.1) is 0 Å². The molecular weight excluding hydrogens is 280 g/mol. The van der Waals surface area contributed by atoms with Gasteiger partial charge in [-0.1, -0.05) is 28.1 Å². The van der Waals surface area contributed by atoms with Gasteiger partial charge in [-0.2, -0.15) is 5.10 Å². The number of aromatic nitrogens is 2. The molecule has 2 aromatic rings. The molecule has 0 amide bonds. The SMILES string of the molecule is CCOCc1cnn(Cc2ccc(Br)cc2)c1. The van der Waals surface area contributed by atoms with E-state index in [1.54, 1.807) is 0 Å². The first kappa shape index (κ1) is 12.3. The number of halogens is 1. The van der Waals surface area contributed by atoms with E-state index in [9.17, 15) is 0 Å². The van der Waals surface area contributed by atoms with Crippen LogP contribution in [0, 0.1) is 0 Å². The molecule has 0 saturated carbocycles. The van der Waals surface area contributed by atoms with Crippen molar-refractivity contribution in [3.63, 3.8) is 0 Å². The molecule has 0 bridgehead atoms. The van der Waals surface area contributed by atoms with Gasteiger partial charge in [-0.25, -0.2) is 0 Å². The molecule has 1 aromatic heterocycles. The molecule has 2 rings (SSSR count). The van der Waals surface area contributed by atoms with E-state index < -0.39 is 0 Å². The molecular formula is C13H15BrN2O. The standard InChI is InChI=1S/C13H15BrN2O/c1-2-17-10-12-7-15-16(9-12)8-11-3-5-13(14)6-4-11/h3-7,9H,2,8,10H2,1H3. The smallest absolute Gasteiger partial charge is 0.0747 e. The Bertz CT molecular complexity index is 465. The number of rotatable bonds is 5. The number of nitrogens with zero attached hydrogens (tertiary/aromatic N) is 2. The van der Waals surface area contributed by atoms with Crippen LogP contribution in [0.15, 0.2) is 41.1 Å². The number of hydrogen-bond donors (Lipinski definition) is 0. The average Bonchev–Trinajstić information content (AvgIpc) is 2.77. The van der Waals surface area contributed by atoms with E-state index in [2.05, 4.69) is 33.2 Å². The van der Waals surface area contributed by atoms with E-state index >= 15 is 0 Å². The summed E-state index contributed by atoms with van der Waals surface area (Å²) < 4.78 is 8.36. The summed E-state index contributed by atoms with van der Waals surface area (Å²) in [5, 5.41) is 4.31. The minimum Gasteiger partial charge on any atom is -0.377 e. The van der Waals surface area contributed by atoms with Crippen LogP contribution in [0.25, 0.3) is 0 Å². The van der Waals surface area contributed by atoms with E-state index in [1.807, 2.05) is 36.1 Å². The van der Waals surface area contributed by atoms with Gasteiger partial charge in [0.15, 0.2) is 0 Å². The Labute approximate surface area is 110 Å². The number of hydrogen-bond acceptors (Lipinski definition) is 2. The minimum absolute atomic E-state index is 0.636. The first-order valence-corrected chi connectivity index (χ1v) is 6.40. The molecule has 4 heteroatoms. The maximum absolute atomic E-state index is 5.34. The molecule has 0 aliphatic carbocycles. The van der Waals surface area contributed by atoms with Crippen molar-refractivity contribution in [3.8, 4) is 0 Å². The largest absolute Gasteiger partial charge is 0.377 e. The summed E-state index contributed by atoms with van der Waals surface area (Å²) in [5.74, 6) is 0. The summed E-state index contributed by atoms with van der Waals surface area (Å²) in [4.78, 5) is 0. The van der Waals surface area contributed by atoms with Gasteiger partial charge < -0.3 is 4.74 Å². The van der Waals surface area contributed by atoms with Gasteiger partial charge in [0, 0.05) is 22.8 Å². The average molecular weight is 295 g/mol. The molecule has 0 aliphatic rings. The molecule has 0 atom stereocenters. The lowest BCUT2D eigenvalue weighted by molar-refractivity contribution is 0.134. The van der Waals surface area contributed by atoms with Crippen molar-refractivity contribution >= 4 is 15.9 Å². The van der Waals surface area contributed by atoms with Crippen LogP contribution in [0.4, 0.5) is 0 Å². The summed E-state index contributed by atoms with van der Waals surface area (Å²) in [5.41, 5.74) is 2.35. The Balaban J connectivity index is 1.98. The third-order valence-corrected chi connectivity index (χ3v) is 2.95. The molecule has 1 heterocycles. The minimum atomic E-state index is 0.636. The second kappa shape index (κ2) is 5.98. The lowest BCUT2D eigenvalue weighted by Crippen LogP contribution is -1.99. The predicted octanol–water partition coefficient (Wildman–Crippen LogP) is 3.23. The van der Waals surface area contributed by atoms with E-state index in [1.165, 1.54) is 5.56 Å². The molecule has 0 aliphatic heterocycles. The van der Waals surface area contributed by atoms with Crippen LogP contribution >= 0.6 is 15.9 Å². The topological polar surface area (TPSA) is 27.1 Å². The van der Waals surface area contributed by atoms with E-state index in [0.717, 1.165) is 23.2 Å². The van der Waals surface area contributed by atoms with Crippen molar-refractivity contribution < 1.29 is 4.74 Å². The van der Waals surface area contributed by atoms with Crippen LogP contribution in [0.2, 0.25) is 0 Å². The van der Waals surface area contributed by atoms with Crippen LogP contribution in [0.5, 0.6) is 0 Å². The fourth-order valence-corrected chi connectivity index (χ4v) is 1.83. The third kappa shape index (κ3) is 3.68. The highest BCUT2D eigenvalue weighted by atomic mass is 79.9. The lowest BCUT2D eigenvalue weighted by Gasteiger charge is -2.01. The van der Waals surface area contributed by atoms with Crippen molar-refractivity contribution in [2.75, 3.05) is 6.61 Å². The maximum atomic E-state index is 5.34. The zero-order valence-electron chi connectivity index (χ0n) is 9.77. The van der Waals surface area contributed by atoms with Crippen molar-refractivity contribution in [1.29, 1.82) is 0 Å². The second-order valence-corrected chi connectivity index (χ2v) is 4.73. The molecule has 0 fully saturated rings. The highest BCUT2D eigenvalue weighted by Crippen LogP contribution is 2.11. The van der Waals surface area contributed by atoms with Gasteiger partial charge >= 0.3 is 0 Å². The van der Waals surface area contributed by atoms with Crippen LogP contribution in [-0.2, 0) is 17.9 Å². The van der Waals surface area contributed by atoms with E-state index in [0.29, 0.717) is 6.61 Å². The van der Waals surface area contributed by atoms with Crippen molar-refractivity contribution in [3.05, 3.63) is 52.3 Å². The Morgan fingerprint density at radius 2 is 2.00 bits per heavy atom. The van der Waals surface area contributed by atoms with Crippen molar-refractivity contribution in [2.24, 2.45) is 0 Å².